The van der Waals surface area contributed by atoms with Crippen LogP contribution in [-0.2, 0) is 16.5 Å². The van der Waals surface area contributed by atoms with Gasteiger partial charge in [0, 0.05) is 0 Å². The highest BCUT2D eigenvalue weighted by Crippen LogP contribution is 2.42. The Morgan fingerprint density at radius 1 is 1.18 bits per heavy atom. The zero-order valence-electron chi connectivity index (χ0n) is 9.52. The Balaban J connectivity index is 3.05. The van der Waals surface area contributed by atoms with Gasteiger partial charge in [-0.05, 0) is 12.0 Å². The van der Waals surface area contributed by atoms with Crippen LogP contribution in [0.4, 0.5) is 8.78 Å². The normalized spacial score (nSPS) is 13.7. The molecular formula is C11H14F2O3S. The van der Waals surface area contributed by atoms with Crippen LogP contribution in [0.15, 0.2) is 30.3 Å². The third-order valence-electron chi connectivity index (χ3n) is 2.60. The first-order valence-electron chi connectivity index (χ1n) is 4.97. The monoisotopic (exact) mass is 264 g/mol. The van der Waals surface area contributed by atoms with Crippen molar-refractivity contribution in [3.05, 3.63) is 35.9 Å². The maximum Gasteiger partial charge on any atom is 0.375 e. The van der Waals surface area contributed by atoms with Gasteiger partial charge < -0.3 is 0 Å². The number of hydrogen-bond donors (Lipinski definition) is 1. The van der Waals surface area contributed by atoms with Gasteiger partial charge in [0.25, 0.3) is 0 Å². The van der Waals surface area contributed by atoms with E-state index in [0.29, 0.717) is 5.56 Å². The number of benzene rings is 1. The van der Waals surface area contributed by atoms with Crippen LogP contribution in [0.1, 0.15) is 19.4 Å². The quantitative estimate of drug-likeness (QED) is 0.851. The number of rotatable bonds is 4. The maximum absolute atomic E-state index is 13.6. The average molecular weight is 264 g/mol. The maximum atomic E-state index is 13.6. The Labute approximate surface area is 99.2 Å². The van der Waals surface area contributed by atoms with E-state index >= 15 is 0 Å². The molecule has 0 bridgehead atoms. The summed E-state index contributed by atoms with van der Waals surface area (Å²) < 4.78 is 57.1. The third-order valence-corrected chi connectivity index (χ3v) is 3.80. The van der Waals surface area contributed by atoms with Gasteiger partial charge >= 0.3 is 15.4 Å². The van der Waals surface area contributed by atoms with Crippen molar-refractivity contribution in [2.75, 3.05) is 0 Å². The van der Waals surface area contributed by atoms with Crippen molar-refractivity contribution < 1.29 is 21.8 Å². The van der Waals surface area contributed by atoms with Crippen molar-refractivity contribution in [2.45, 2.75) is 25.5 Å². The van der Waals surface area contributed by atoms with Crippen molar-refractivity contribution in [2.24, 2.45) is 5.41 Å². The van der Waals surface area contributed by atoms with Gasteiger partial charge in [0.1, 0.15) is 0 Å². The highest BCUT2D eigenvalue weighted by Gasteiger charge is 2.56. The summed E-state index contributed by atoms with van der Waals surface area (Å²) >= 11 is 0. The van der Waals surface area contributed by atoms with Gasteiger partial charge in [-0.15, -0.1) is 0 Å². The first-order valence-corrected chi connectivity index (χ1v) is 6.41. The number of hydrogen-bond acceptors (Lipinski definition) is 2. The average Bonchev–Trinajstić information content (AvgIpc) is 2.16. The molecule has 1 aromatic rings. The zero-order chi connectivity index (χ0) is 13.3. The molecular weight excluding hydrogens is 250 g/mol. The SMILES string of the molecule is CC(C)(Cc1ccccc1)C(F)(F)S(=O)(=O)O. The van der Waals surface area contributed by atoms with Gasteiger partial charge in [0.2, 0.25) is 0 Å². The van der Waals surface area contributed by atoms with E-state index in [4.69, 9.17) is 4.55 Å². The first-order chi connectivity index (χ1) is 7.58. The molecule has 96 valence electrons. The van der Waals surface area contributed by atoms with E-state index in [0.717, 1.165) is 13.8 Å². The lowest BCUT2D eigenvalue weighted by molar-refractivity contribution is -0.0338. The van der Waals surface area contributed by atoms with Crippen molar-refractivity contribution in [1.29, 1.82) is 0 Å². The summed E-state index contributed by atoms with van der Waals surface area (Å²) in [5.74, 6) is 0. The number of halogens is 2. The Hall–Kier alpha value is -1.01. The van der Waals surface area contributed by atoms with Crippen molar-refractivity contribution in [3.63, 3.8) is 0 Å². The van der Waals surface area contributed by atoms with Gasteiger partial charge in [0.15, 0.2) is 0 Å². The molecule has 0 radical (unpaired) electrons. The molecule has 0 aliphatic rings. The molecule has 0 spiro atoms. The molecule has 0 aliphatic carbocycles. The molecule has 0 saturated heterocycles. The van der Waals surface area contributed by atoms with Gasteiger partial charge in [-0.1, -0.05) is 44.2 Å². The third kappa shape index (κ3) is 2.81. The summed E-state index contributed by atoms with van der Waals surface area (Å²) in [4.78, 5) is 0. The van der Waals surface area contributed by atoms with Crippen LogP contribution in [0.3, 0.4) is 0 Å². The highest BCUT2D eigenvalue weighted by molar-refractivity contribution is 7.86. The lowest BCUT2D eigenvalue weighted by Gasteiger charge is -2.31. The molecule has 0 atom stereocenters. The van der Waals surface area contributed by atoms with Crippen LogP contribution in [0.25, 0.3) is 0 Å². The molecule has 0 unspecified atom stereocenters. The fourth-order valence-corrected chi connectivity index (χ4v) is 2.33. The minimum absolute atomic E-state index is 0.152. The van der Waals surface area contributed by atoms with Gasteiger partial charge in [-0.25, -0.2) is 0 Å². The molecule has 1 N–H and O–H groups in total. The lowest BCUT2D eigenvalue weighted by atomic mass is 9.86. The number of alkyl halides is 2. The molecule has 0 aromatic heterocycles. The predicted molar refractivity (Wildman–Crippen MR) is 60.4 cm³/mol. The summed E-state index contributed by atoms with van der Waals surface area (Å²) in [5, 5.41) is -4.18. The molecule has 0 fully saturated rings. The minimum atomic E-state index is -5.41. The smallest absolute Gasteiger partial charge is 0.281 e. The van der Waals surface area contributed by atoms with Gasteiger partial charge in [-0.2, -0.15) is 17.2 Å². The van der Waals surface area contributed by atoms with Crippen LogP contribution < -0.4 is 0 Å². The van der Waals surface area contributed by atoms with E-state index in [-0.39, 0.29) is 6.42 Å². The topological polar surface area (TPSA) is 54.4 Å². The van der Waals surface area contributed by atoms with Crippen LogP contribution in [0.5, 0.6) is 0 Å². The fourth-order valence-electron chi connectivity index (χ4n) is 1.56. The summed E-state index contributed by atoms with van der Waals surface area (Å²) in [7, 11) is -5.41. The lowest BCUT2D eigenvalue weighted by Crippen LogP contribution is -2.44. The molecule has 6 heteroatoms. The molecule has 0 aliphatic heterocycles. The van der Waals surface area contributed by atoms with Gasteiger partial charge in [0.05, 0.1) is 5.41 Å². The van der Waals surface area contributed by atoms with E-state index in [1.165, 1.54) is 0 Å². The van der Waals surface area contributed by atoms with Crippen LogP contribution in [0, 0.1) is 5.41 Å². The second kappa shape index (κ2) is 4.34. The van der Waals surface area contributed by atoms with Crippen molar-refractivity contribution in [1.82, 2.24) is 0 Å². The molecule has 1 rings (SSSR count). The molecule has 0 saturated carbocycles. The molecule has 1 aromatic carbocycles. The predicted octanol–water partition coefficient (Wildman–Crippen LogP) is 2.74. The van der Waals surface area contributed by atoms with E-state index in [9.17, 15) is 17.2 Å². The Morgan fingerprint density at radius 3 is 2.06 bits per heavy atom. The van der Waals surface area contributed by atoms with Crippen molar-refractivity contribution >= 4 is 10.1 Å². The summed E-state index contributed by atoms with van der Waals surface area (Å²) in [6, 6.07) is 8.34. The largest absolute Gasteiger partial charge is 0.375 e. The summed E-state index contributed by atoms with van der Waals surface area (Å²) in [5.41, 5.74) is -1.30. The molecule has 0 heterocycles. The van der Waals surface area contributed by atoms with Gasteiger partial charge in [-0.3, -0.25) is 4.55 Å². The standard InChI is InChI=1S/C11H14F2O3S/c1-10(2,11(12,13)17(14,15)16)8-9-6-4-3-5-7-9/h3-7H,8H2,1-2H3,(H,14,15,16). The fraction of sp³-hybridized carbons (Fsp3) is 0.455. The summed E-state index contributed by atoms with van der Waals surface area (Å²) in [6.07, 6.45) is -0.152. The molecule has 3 nitrogen and oxygen atoms in total. The zero-order valence-corrected chi connectivity index (χ0v) is 10.3. The summed E-state index contributed by atoms with van der Waals surface area (Å²) in [6.45, 7) is 2.21. The van der Waals surface area contributed by atoms with Crippen LogP contribution in [0.2, 0.25) is 0 Å². The van der Waals surface area contributed by atoms with E-state index in [1.807, 2.05) is 0 Å². The second-order valence-corrected chi connectivity index (χ2v) is 6.00. The Morgan fingerprint density at radius 2 is 1.65 bits per heavy atom. The minimum Gasteiger partial charge on any atom is -0.281 e. The first kappa shape index (κ1) is 14.1. The Kier molecular flexibility index (Phi) is 3.59. The molecule has 17 heavy (non-hydrogen) atoms. The van der Waals surface area contributed by atoms with E-state index in [2.05, 4.69) is 0 Å². The van der Waals surface area contributed by atoms with Crippen molar-refractivity contribution in [3.8, 4) is 0 Å². The molecule has 0 amide bonds. The second-order valence-electron chi connectivity index (χ2n) is 4.54. The highest BCUT2D eigenvalue weighted by atomic mass is 32.2. The van der Waals surface area contributed by atoms with E-state index in [1.54, 1.807) is 30.3 Å². The van der Waals surface area contributed by atoms with Crippen LogP contribution >= 0.6 is 0 Å². The Bertz CT molecular complexity index is 481. The van der Waals surface area contributed by atoms with Crippen LogP contribution in [-0.4, -0.2) is 18.2 Å². The van der Waals surface area contributed by atoms with E-state index < -0.39 is 20.8 Å².